The molecule has 0 aliphatic rings. The number of methoxy groups -OCH3 is 2. The van der Waals surface area contributed by atoms with Gasteiger partial charge in [-0.05, 0) is 31.2 Å². The molecule has 0 aliphatic heterocycles. The molecule has 1 aromatic carbocycles. The van der Waals surface area contributed by atoms with Crippen LogP contribution in [0.15, 0.2) is 24.3 Å². The third-order valence-electron chi connectivity index (χ3n) is 2.93. The molecule has 0 aliphatic carbocycles. The number of nitrogens with one attached hydrogen (secondary N) is 1. The summed E-state index contributed by atoms with van der Waals surface area (Å²) < 4.78 is 16.4. The Balaban J connectivity index is 2.41. The highest BCUT2D eigenvalue weighted by molar-refractivity contribution is 7.71. The van der Waals surface area contributed by atoms with Gasteiger partial charge in [0.25, 0.3) is 0 Å². The van der Waals surface area contributed by atoms with Gasteiger partial charge in [0.1, 0.15) is 17.1 Å². The van der Waals surface area contributed by atoms with Crippen LogP contribution in [0.25, 0.3) is 11.3 Å². The van der Waals surface area contributed by atoms with E-state index in [1.54, 1.807) is 14.2 Å². The fraction of sp³-hybridized carbons (Fsp3) is 0.333. The molecular weight excluding hydrogens is 288 g/mol. The molecule has 0 amide bonds. The summed E-state index contributed by atoms with van der Waals surface area (Å²) in [7, 11) is 3.22. The first-order valence-corrected chi connectivity index (χ1v) is 6.99. The van der Waals surface area contributed by atoms with Gasteiger partial charge in [0.15, 0.2) is 11.5 Å². The third-order valence-corrected chi connectivity index (χ3v) is 3.14. The van der Waals surface area contributed by atoms with E-state index in [0.29, 0.717) is 35.2 Å². The SMILES string of the molecule is CCOCc1nc(=S)cc(-c2ccc(OC)c(OC)c2)[nH]1. The van der Waals surface area contributed by atoms with Crippen molar-refractivity contribution in [2.45, 2.75) is 13.5 Å². The van der Waals surface area contributed by atoms with Gasteiger partial charge in [-0.1, -0.05) is 12.2 Å². The number of hydrogen-bond acceptors (Lipinski definition) is 5. The number of hydrogen-bond donors (Lipinski definition) is 1. The van der Waals surface area contributed by atoms with Gasteiger partial charge in [-0.25, -0.2) is 4.98 Å². The Labute approximate surface area is 128 Å². The van der Waals surface area contributed by atoms with Crippen molar-refractivity contribution in [1.29, 1.82) is 0 Å². The van der Waals surface area contributed by atoms with Crippen LogP contribution in [0.4, 0.5) is 0 Å². The van der Waals surface area contributed by atoms with Crippen molar-refractivity contribution < 1.29 is 14.2 Å². The van der Waals surface area contributed by atoms with Gasteiger partial charge in [-0.2, -0.15) is 0 Å². The van der Waals surface area contributed by atoms with Crippen molar-refractivity contribution in [3.63, 3.8) is 0 Å². The zero-order valence-corrected chi connectivity index (χ0v) is 13.1. The van der Waals surface area contributed by atoms with E-state index in [-0.39, 0.29) is 0 Å². The minimum Gasteiger partial charge on any atom is -0.493 e. The zero-order chi connectivity index (χ0) is 15.2. The van der Waals surface area contributed by atoms with E-state index >= 15 is 0 Å². The van der Waals surface area contributed by atoms with Crippen molar-refractivity contribution in [2.75, 3.05) is 20.8 Å². The topological polar surface area (TPSA) is 56.4 Å². The molecule has 1 heterocycles. The summed E-state index contributed by atoms with van der Waals surface area (Å²) >= 11 is 5.20. The molecule has 1 N–H and O–H groups in total. The number of ether oxygens (including phenoxy) is 3. The summed E-state index contributed by atoms with van der Waals surface area (Å²) in [6, 6.07) is 7.50. The van der Waals surface area contributed by atoms with E-state index in [1.807, 2.05) is 31.2 Å². The van der Waals surface area contributed by atoms with Crippen molar-refractivity contribution >= 4 is 12.2 Å². The lowest BCUT2D eigenvalue weighted by atomic mass is 10.1. The number of aromatic nitrogens is 2. The number of aromatic amines is 1. The molecule has 0 unspecified atom stereocenters. The summed E-state index contributed by atoms with van der Waals surface area (Å²) in [4.78, 5) is 7.48. The Morgan fingerprint density at radius 2 is 1.90 bits per heavy atom. The van der Waals surface area contributed by atoms with Gasteiger partial charge in [0, 0.05) is 17.9 Å². The van der Waals surface area contributed by atoms with Gasteiger partial charge in [0.2, 0.25) is 0 Å². The molecule has 112 valence electrons. The Hall–Kier alpha value is -1.92. The first kappa shape index (κ1) is 15.5. The van der Waals surface area contributed by atoms with Crippen molar-refractivity contribution in [3.8, 4) is 22.8 Å². The van der Waals surface area contributed by atoms with E-state index < -0.39 is 0 Å². The van der Waals surface area contributed by atoms with Gasteiger partial charge in [-0.15, -0.1) is 0 Å². The van der Waals surface area contributed by atoms with E-state index in [0.717, 1.165) is 11.3 Å². The van der Waals surface area contributed by atoms with Gasteiger partial charge in [-0.3, -0.25) is 0 Å². The Kier molecular flexibility index (Phi) is 5.30. The highest BCUT2D eigenvalue weighted by Gasteiger charge is 2.08. The molecule has 0 spiro atoms. The minimum absolute atomic E-state index is 0.404. The molecule has 21 heavy (non-hydrogen) atoms. The smallest absolute Gasteiger partial charge is 0.161 e. The Morgan fingerprint density at radius 1 is 1.14 bits per heavy atom. The predicted octanol–water partition coefficient (Wildman–Crippen LogP) is 3.36. The highest BCUT2D eigenvalue weighted by Crippen LogP contribution is 2.31. The number of rotatable bonds is 6. The maximum absolute atomic E-state index is 5.36. The normalized spacial score (nSPS) is 10.4. The van der Waals surface area contributed by atoms with Crippen LogP contribution < -0.4 is 9.47 Å². The van der Waals surface area contributed by atoms with Gasteiger partial charge >= 0.3 is 0 Å². The Morgan fingerprint density at radius 3 is 2.57 bits per heavy atom. The van der Waals surface area contributed by atoms with Crippen LogP contribution >= 0.6 is 12.2 Å². The van der Waals surface area contributed by atoms with Crippen molar-refractivity contribution in [3.05, 3.63) is 34.7 Å². The molecule has 0 radical (unpaired) electrons. The highest BCUT2D eigenvalue weighted by atomic mass is 32.1. The van der Waals surface area contributed by atoms with Crippen LogP contribution in [0.5, 0.6) is 11.5 Å². The average Bonchev–Trinajstić information content (AvgIpc) is 2.51. The van der Waals surface area contributed by atoms with Crippen LogP contribution in [0.1, 0.15) is 12.7 Å². The number of benzene rings is 1. The maximum Gasteiger partial charge on any atom is 0.161 e. The molecule has 0 bridgehead atoms. The molecule has 0 saturated heterocycles. The zero-order valence-electron chi connectivity index (χ0n) is 12.3. The van der Waals surface area contributed by atoms with Crippen molar-refractivity contribution in [1.82, 2.24) is 9.97 Å². The molecule has 0 fully saturated rings. The third kappa shape index (κ3) is 3.80. The average molecular weight is 306 g/mol. The van der Waals surface area contributed by atoms with Crippen LogP contribution in [0.2, 0.25) is 0 Å². The molecule has 2 aromatic rings. The second-order valence-corrected chi connectivity index (χ2v) is 4.70. The van der Waals surface area contributed by atoms with Crippen LogP contribution in [0.3, 0.4) is 0 Å². The lowest BCUT2D eigenvalue weighted by molar-refractivity contribution is 0.128. The maximum atomic E-state index is 5.36. The summed E-state index contributed by atoms with van der Waals surface area (Å²) in [5.41, 5.74) is 1.81. The quantitative estimate of drug-likeness (QED) is 0.829. The summed E-state index contributed by atoms with van der Waals surface area (Å²) in [6.45, 7) is 2.97. The van der Waals surface area contributed by atoms with Gasteiger partial charge < -0.3 is 19.2 Å². The molecule has 0 atom stereocenters. The number of nitrogens with zero attached hydrogens (tertiary/aromatic N) is 1. The van der Waals surface area contributed by atoms with Gasteiger partial charge in [0.05, 0.1) is 14.2 Å². The Bertz CT molecular complexity index is 670. The molecule has 0 saturated carbocycles. The standard InChI is InChI=1S/C15H18N2O3S/c1-4-20-9-14-16-11(8-15(21)17-14)10-5-6-12(18-2)13(7-10)19-3/h5-8H,4,9H2,1-3H3,(H,16,17,21). The fourth-order valence-corrected chi connectivity index (χ4v) is 2.16. The molecule has 5 nitrogen and oxygen atoms in total. The van der Waals surface area contributed by atoms with E-state index in [9.17, 15) is 0 Å². The second kappa shape index (κ2) is 7.19. The lowest BCUT2D eigenvalue weighted by Crippen LogP contribution is -2.01. The van der Waals surface area contributed by atoms with E-state index in [1.165, 1.54) is 0 Å². The largest absolute Gasteiger partial charge is 0.493 e. The molecule has 2 rings (SSSR count). The summed E-state index contributed by atoms with van der Waals surface area (Å²) in [6.07, 6.45) is 0. The van der Waals surface area contributed by atoms with Crippen LogP contribution in [-0.4, -0.2) is 30.8 Å². The summed E-state index contributed by atoms with van der Waals surface area (Å²) in [5.74, 6) is 2.05. The lowest BCUT2D eigenvalue weighted by Gasteiger charge is -2.10. The number of H-pyrrole nitrogens is 1. The molecular formula is C15H18N2O3S. The predicted molar refractivity (Wildman–Crippen MR) is 83.3 cm³/mol. The molecule has 1 aromatic heterocycles. The first-order valence-electron chi connectivity index (χ1n) is 6.58. The first-order chi connectivity index (χ1) is 10.2. The molecule has 6 heteroatoms. The second-order valence-electron chi connectivity index (χ2n) is 4.29. The van der Waals surface area contributed by atoms with Crippen molar-refractivity contribution in [2.24, 2.45) is 0 Å². The minimum atomic E-state index is 0.404. The van der Waals surface area contributed by atoms with E-state index in [4.69, 9.17) is 26.4 Å². The fourth-order valence-electron chi connectivity index (χ4n) is 1.93. The van der Waals surface area contributed by atoms with Crippen LogP contribution in [-0.2, 0) is 11.3 Å². The summed E-state index contributed by atoms with van der Waals surface area (Å²) in [5, 5.41) is 0. The van der Waals surface area contributed by atoms with E-state index in [2.05, 4.69) is 9.97 Å². The monoisotopic (exact) mass is 306 g/mol. The van der Waals surface area contributed by atoms with Crippen LogP contribution in [0, 0.1) is 4.64 Å².